The maximum atomic E-state index is 10.8. The molecule has 0 heterocycles. The molecule has 0 saturated heterocycles. The fourth-order valence-electron chi connectivity index (χ4n) is 1.29. The van der Waals surface area contributed by atoms with Gasteiger partial charge in [-0.3, -0.25) is 4.79 Å². The van der Waals surface area contributed by atoms with Gasteiger partial charge in [-0.2, -0.15) is 0 Å². The fourth-order valence-corrected chi connectivity index (χ4v) is 1.55. The highest BCUT2D eigenvalue weighted by Gasteiger charge is 2.13. The quantitative estimate of drug-likeness (QED) is 0.856. The Balaban J connectivity index is 2.74. The summed E-state index contributed by atoms with van der Waals surface area (Å²) in [7, 11) is 1.59. The largest absolute Gasteiger partial charge is 0.375 e. The molecule has 1 amide bonds. The molecule has 0 bridgehead atoms. The molecule has 0 unspecified atom stereocenters. The van der Waals surface area contributed by atoms with Gasteiger partial charge in [-0.1, -0.05) is 29.8 Å². The van der Waals surface area contributed by atoms with E-state index in [1.165, 1.54) is 6.92 Å². The minimum absolute atomic E-state index is 0.0795. The summed E-state index contributed by atoms with van der Waals surface area (Å²) >= 11 is 6.02. The second kappa shape index (κ2) is 5.73. The van der Waals surface area contributed by atoms with Crippen molar-refractivity contribution in [3.05, 3.63) is 34.9 Å². The Kier molecular flexibility index (Phi) is 4.59. The van der Waals surface area contributed by atoms with Gasteiger partial charge in [0, 0.05) is 31.2 Å². The number of hydrogen-bond acceptors (Lipinski definition) is 2. The third-order valence-corrected chi connectivity index (χ3v) is 2.42. The molecule has 1 aromatic rings. The lowest BCUT2D eigenvalue weighted by atomic mass is 10.1. The summed E-state index contributed by atoms with van der Waals surface area (Å²) in [4.78, 5) is 10.8. The molecule has 0 aliphatic carbocycles. The van der Waals surface area contributed by atoms with Gasteiger partial charge in [0.15, 0.2) is 0 Å². The highest BCUT2D eigenvalue weighted by Crippen LogP contribution is 2.24. The van der Waals surface area contributed by atoms with Crippen LogP contribution in [-0.4, -0.2) is 19.6 Å². The van der Waals surface area contributed by atoms with Gasteiger partial charge in [0.1, 0.15) is 6.10 Å². The second-order valence-corrected chi connectivity index (χ2v) is 3.59. The zero-order valence-electron chi connectivity index (χ0n) is 8.79. The van der Waals surface area contributed by atoms with Gasteiger partial charge in [-0.15, -0.1) is 0 Å². The molecule has 1 rings (SSSR count). The molecule has 1 aromatic carbocycles. The monoisotopic (exact) mass is 227 g/mol. The number of hydrogen-bond donors (Lipinski definition) is 1. The maximum absolute atomic E-state index is 10.8. The van der Waals surface area contributed by atoms with Crippen LogP contribution in [0.2, 0.25) is 5.02 Å². The Morgan fingerprint density at radius 1 is 1.53 bits per heavy atom. The van der Waals surface area contributed by atoms with E-state index in [1.54, 1.807) is 13.2 Å². The number of amides is 1. The summed E-state index contributed by atoms with van der Waals surface area (Å²) in [5.74, 6) is -0.0795. The van der Waals surface area contributed by atoms with Crippen LogP contribution in [0, 0.1) is 0 Å². The van der Waals surface area contributed by atoms with E-state index >= 15 is 0 Å². The van der Waals surface area contributed by atoms with Crippen LogP contribution >= 0.6 is 11.6 Å². The summed E-state index contributed by atoms with van der Waals surface area (Å²) in [6.45, 7) is 1.90. The third kappa shape index (κ3) is 3.53. The Hall–Kier alpha value is -1.06. The van der Waals surface area contributed by atoms with Gasteiger partial charge in [-0.05, 0) is 6.07 Å². The van der Waals surface area contributed by atoms with Gasteiger partial charge in [-0.25, -0.2) is 0 Å². The zero-order chi connectivity index (χ0) is 11.3. The van der Waals surface area contributed by atoms with E-state index in [2.05, 4.69) is 5.32 Å². The first-order chi connectivity index (χ1) is 7.15. The molecule has 0 fully saturated rings. The molecule has 15 heavy (non-hydrogen) atoms. The summed E-state index contributed by atoms with van der Waals surface area (Å²) in [6, 6.07) is 7.44. The summed E-state index contributed by atoms with van der Waals surface area (Å²) in [6.07, 6.45) is -0.206. The molecule has 1 N–H and O–H groups in total. The lowest BCUT2D eigenvalue weighted by Gasteiger charge is -2.17. The molecular formula is C11H14ClNO2. The third-order valence-electron chi connectivity index (χ3n) is 2.07. The second-order valence-electron chi connectivity index (χ2n) is 3.18. The fraction of sp³-hybridized carbons (Fsp3) is 0.364. The molecule has 0 saturated carbocycles. The SMILES string of the molecule is CO[C@@H](CNC(C)=O)c1ccccc1Cl. The van der Waals surface area contributed by atoms with Crippen LogP contribution in [0.25, 0.3) is 0 Å². The first kappa shape index (κ1) is 12.0. The van der Waals surface area contributed by atoms with E-state index in [4.69, 9.17) is 16.3 Å². The smallest absolute Gasteiger partial charge is 0.216 e. The van der Waals surface area contributed by atoms with Crippen molar-refractivity contribution in [3.8, 4) is 0 Å². The molecule has 0 aliphatic heterocycles. The van der Waals surface area contributed by atoms with Crippen molar-refractivity contribution in [2.24, 2.45) is 0 Å². The van der Waals surface area contributed by atoms with Crippen LogP contribution in [0.1, 0.15) is 18.6 Å². The highest BCUT2D eigenvalue weighted by atomic mass is 35.5. The van der Waals surface area contributed by atoms with Gasteiger partial charge in [0.25, 0.3) is 0 Å². The van der Waals surface area contributed by atoms with E-state index in [9.17, 15) is 4.79 Å². The van der Waals surface area contributed by atoms with Gasteiger partial charge >= 0.3 is 0 Å². The van der Waals surface area contributed by atoms with E-state index in [-0.39, 0.29) is 12.0 Å². The number of halogens is 1. The Morgan fingerprint density at radius 2 is 2.20 bits per heavy atom. The van der Waals surface area contributed by atoms with Crippen molar-refractivity contribution in [3.63, 3.8) is 0 Å². The summed E-state index contributed by atoms with van der Waals surface area (Å²) in [5, 5.41) is 3.35. The van der Waals surface area contributed by atoms with Gasteiger partial charge in [0.05, 0.1) is 0 Å². The summed E-state index contributed by atoms with van der Waals surface area (Å²) < 4.78 is 5.27. The number of ether oxygens (including phenoxy) is 1. The van der Waals surface area contributed by atoms with E-state index in [0.717, 1.165) is 5.56 Å². The number of nitrogens with one attached hydrogen (secondary N) is 1. The standard InChI is InChI=1S/C11H14ClNO2/c1-8(14)13-7-11(15-2)9-5-3-4-6-10(9)12/h3-6,11H,7H2,1-2H3,(H,13,14)/t11-/m0/s1. The molecular weight excluding hydrogens is 214 g/mol. The van der Waals surface area contributed by atoms with E-state index in [0.29, 0.717) is 11.6 Å². The predicted molar refractivity (Wildman–Crippen MR) is 59.9 cm³/mol. The zero-order valence-corrected chi connectivity index (χ0v) is 9.54. The Morgan fingerprint density at radius 3 is 2.73 bits per heavy atom. The van der Waals surface area contributed by atoms with Crippen molar-refractivity contribution >= 4 is 17.5 Å². The first-order valence-electron chi connectivity index (χ1n) is 4.66. The predicted octanol–water partition coefficient (Wildman–Crippen LogP) is 2.16. The molecule has 4 heteroatoms. The number of rotatable bonds is 4. The van der Waals surface area contributed by atoms with E-state index in [1.807, 2.05) is 18.2 Å². The average Bonchev–Trinajstić information content (AvgIpc) is 2.21. The minimum atomic E-state index is -0.206. The molecule has 0 spiro atoms. The van der Waals surface area contributed by atoms with Crippen molar-refractivity contribution < 1.29 is 9.53 Å². The topological polar surface area (TPSA) is 38.3 Å². The minimum Gasteiger partial charge on any atom is -0.375 e. The van der Waals surface area contributed by atoms with Crippen LogP contribution in [0.3, 0.4) is 0 Å². The van der Waals surface area contributed by atoms with Gasteiger partial charge < -0.3 is 10.1 Å². The number of methoxy groups -OCH3 is 1. The Bertz CT molecular complexity index is 341. The highest BCUT2D eigenvalue weighted by molar-refractivity contribution is 6.31. The number of carbonyl (C=O) groups is 1. The normalized spacial score (nSPS) is 12.2. The van der Waals surface area contributed by atoms with Crippen LogP contribution in [0.15, 0.2) is 24.3 Å². The van der Waals surface area contributed by atoms with Crippen molar-refractivity contribution in [1.82, 2.24) is 5.32 Å². The van der Waals surface area contributed by atoms with Crippen LogP contribution in [-0.2, 0) is 9.53 Å². The first-order valence-corrected chi connectivity index (χ1v) is 5.04. The van der Waals surface area contributed by atoms with Crippen molar-refractivity contribution in [2.75, 3.05) is 13.7 Å². The molecule has 0 aliphatic rings. The van der Waals surface area contributed by atoms with E-state index < -0.39 is 0 Å². The average molecular weight is 228 g/mol. The van der Waals surface area contributed by atoms with Crippen LogP contribution in [0.4, 0.5) is 0 Å². The molecule has 3 nitrogen and oxygen atoms in total. The summed E-state index contributed by atoms with van der Waals surface area (Å²) in [5.41, 5.74) is 0.885. The number of benzene rings is 1. The van der Waals surface area contributed by atoms with Crippen LogP contribution < -0.4 is 5.32 Å². The van der Waals surface area contributed by atoms with Crippen molar-refractivity contribution in [2.45, 2.75) is 13.0 Å². The van der Waals surface area contributed by atoms with Crippen LogP contribution in [0.5, 0.6) is 0 Å². The number of carbonyl (C=O) groups excluding carboxylic acids is 1. The molecule has 82 valence electrons. The molecule has 0 aromatic heterocycles. The maximum Gasteiger partial charge on any atom is 0.216 e. The molecule has 0 radical (unpaired) electrons. The van der Waals surface area contributed by atoms with Crippen molar-refractivity contribution in [1.29, 1.82) is 0 Å². The lowest BCUT2D eigenvalue weighted by Crippen LogP contribution is -2.26. The molecule has 1 atom stereocenters. The van der Waals surface area contributed by atoms with Gasteiger partial charge in [0.2, 0.25) is 5.91 Å². The lowest BCUT2D eigenvalue weighted by molar-refractivity contribution is -0.119. The Labute approximate surface area is 94.4 Å².